The van der Waals surface area contributed by atoms with E-state index in [1.54, 1.807) is 7.05 Å². The Morgan fingerprint density at radius 3 is 2.63 bits per heavy atom. The number of hydrogen-bond donors (Lipinski definition) is 2. The van der Waals surface area contributed by atoms with E-state index in [1.807, 2.05) is 18.3 Å². The molecule has 0 aliphatic carbocycles. The Balaban J connectivity index is 0.00000256. The molecule has 2 aliphatic heterocycles. The SMILES string of the molecule is CN=C(NCc1ccc(N2CCN(C)CC2)nc1)NCC1Cc2ccccc2O1.I. The van der Waals surface area contributed by atoms with Crippen molar-refractivity contribution in [2.75, 3.05) is 51.7 Å². The predicted molar refractivity (Wildman–Crippen MR) is 132 cm³/mol. The van der Waals surface area contributed by atoms with E-state index in [-0.39, 0.29) is 30.1 Å². The number of anilines is 1. The van der Waals surface area contributed by atoms with E-state index >= 15 is 0 Å². The van der Waals surface area contributed by atoms with Gasteiger partial charge in [0.05, 0.1) is 6.54 Å². The Labute approximate surface area is 195 Å². The summed E-state index contributed by atoms with van der Waals surface area (Å²) in [5.41, 5.74) is 2.41. The van der Waals surface area contributed by atoms with E-state index in [0.29, 0.717) is 6.54 Å². The minimum absolute atomic E-state index is 0. The van der Waals surface area contributed by atoms with Gasteiger partial charge in [-0.3, -0.25) is 4.99 Å². The summed E-state index contributed by atoms with van der Waals surface area (Å²) in [6.07, 6.45) is 3.01. The van der Waals surface area contributed by atoms with Crippen LogP contribution in [0.2, 0.25) is 0 Å². The number of pyridine rings is 1. The van der Waals surface area contributed by atoms with Crippen molar-refractivity contribution in [2.45, 2.75) is 19.1 Å². The van der Waals surface area contributed by atoms with Gasteiger partial charge < -0.3 is 25.2 Å². The summed E-state index contributed by atoms with van der Waals surface area (Å²) < 4.78 is 5.98. The highest BCUT2D eigenvalue weighted by molar-refractivity contribution is 14.0. The number of fused-ring (bicyclic) bond motifs is 1. The van der Waals surface area contributed by atoms with Crippen molar-refractivity contribution in [3.8, 4) is 5.75 Å². The lowest BCUT2D eigenvalue weighted by atomic mass is 10.1. The van der Waals surface area contributed by atoms with E-state index < -0.39 is 0 Å². The minimum Gasteiger partial charge on any atom is -0.488 e. The Morgan fingerprint density at radius 1 is 1.13 bits per heavy atom. The topological polar surface area (TPSA) is 65.0 Å². The van der Waals surface area contributed by atoms with Crippen LogP contribution in [0.15, 0.2) is 47.6 Å². The molecule has 30 heavy (non-hydrogen) atoms. The molecule has 2 aliphatic rings. The molecular formula is C22H31IN6O. The van der Waals surface area contributed by atoms with Crippen molar-refractivity contribution in [1.82, 2.24) is 20.5 Å². The Morgan fingerprint density at radius 2 is 1.93 bits per heavy atom. The highest BCUT2D eigenvalue weighted by atomic mass is 127. The number of benzene rings is 1. The number of hydrogen-bond acceptors (Lipinski definition) is 5. The molecule has 1 atom stereocenters. The average Bonchev–Trinajstić information content (AvgIpc) is 3.18. The number of nitrogens with zero attached hydrogens (tertiary/aromatic N) is 4. The maximum atomic E-state index is 5.98. The second kappa shape index (κ2) is 10.8. The van der Waals surface area contributed by atoms with Crippen molar-refractivity contribution < 1.29 is 4.74 Å². The number of guanidine groups is 1. The molecule has 8 heteroatoms. The summed E-state index contributed by atoms with van der Waals surface area (Å²) in [6.45, 7) is 5.64. The normalized spacial score (nSPS) is 18.9. The van der Waals surface area contributed by atoms with Crippen LogP contribution in [-0.4, -0.2) is 68.8 Å². The quantitative estimate of drug-likeness (QED) is 0.357. The summed E-state index contributed by atoms with van der Waals surface area (Å²) in [5.74, 6) is 2.82. The lowest BCUT2D eigenvalue weighted by Crippen LogP contribution is -2.44. The number of aliphatic imine (C=N–C) groups is 1. The zero-order valence-corrected chi connectivity index (χ0v) is 20.0. The van der Waals surface area contributed by atoms with Crippen molar-refractivity contribution in [1.29, 1.82) is 0 Å². The summed E-state index contributed by atoms with van der Waals surface area (Å²) in [6, 6.07) is 12.5. The molecule has 162 valence electrons. The molecule has 7 nitrogen and oxygen atoms in total. The van der Waals surface area contributed by atoms with Crippen LogP contribution in [0.5, 0.6) is 5.75 Å². The Bertz CT molecular complexity index is 811. The Kier molecular flexibility index (Phi) is 8.15. The van der Waals surface area contributed by atoms with Crippen LogP contribution in [0.25, 0.3) is 0 Å². The zero-order chi connectivity index (χ0) is 20.1. The van der Waals surface area contributed by atoms with Crippen molar-refractivity contribution >= 4 is 35.8 Å². The third kappa shape index (κ3) is 5.75. The van der Waals surface area contributed by atoms with E-state index in [0.717, 1.165) is 62.2 Å². The van der Waals surface area contributed by atoms with Crippen LogP contribution in [0.3, 0.4) is 0 Å². The molecule has 1 unspecified atom stereocenters. The van der Waals surface area contributed by atoms with Gasteiger partial charge >= 0.3 is 0 Å². The summed E-state index contributed by atoms with van der Waals surface area (Å²) in [7, 11) is 3.95. The van der Waals surface area contributed by atoms with Gasteiger partial charge in [0.2, 0.25) is 0 Å². The van der Waals surface area contributed by atoms with Crippen LogP contribution in [-0.2, 0) is 13.0 Å². The number of para-hydroxylation sites is 1. The summed E-state index contributed by atoms with van der Waals surface area (Å²) in [5, 5.41) is 6.72. The fraction of sp³-hybridized carbons (Fsp3) is 0.455. The van der Waals surface area contributed by atoms with Gasteiger partial charge in [-0.05, 0) is 30.3 Å². The van der Waals surface area contributed by atoms with E-state index in [1.165, 1.54) is 5.56 Å². The third-order valence-electron chi connectivity index (χ3n) is 5.53. The van der Waals surface area contributed by atoms with Crippen LogP contribution in [0.1, 0.15) is 11.1 Å². The first-order chi connectivity index (χ1) is 14.2. The smallest absolute Gasteiger partial charge is 0.191 e. The van der Waals surface area contributed by atoms with Crippen molar-refractivity contribution in [3.63, 3.8) is 0 Å². The number of aromatic nitrogens is 1. The maximum absolute atomic E-state index is 5.98. The van der Waals surface area contributed by atoms with Crippen LogP contribution in [0, 0.1) is 0 Å². The molecule has 4 rings (SSSR count). The van der Waals surface area contributed by atoms with Gasteiger partial charge in [0.15, 0.2) is 5.96 Å². The summed E-state index contributed by atoms with van der Waals surface area (Å²) in [4.78, 5) is 13.7. The molecule has 0 spiro atoms. The van der Waals surface area contributed by atoms with Crippen LogP contribution >= 0.6 is 24.0 Å². The molecule has 1 saturated heterocycles. The number of rotatable bonds is 5. The molecule has 0 amide bonds. The largest absolute Gasteiger partial charge is 0.488 e. The molecule has 3 heterocycles. The molecule has 0 saturated carbocycles. The first-order valence-electron chi connectivity index (χ1n) is 10.3. The number of ether oxygens (including phenoxy) is 1. The van der Waals surface area contributed by atoms with E-state index in [9.17, 15) is 0 Å². The second-order valence-corrected chi connectivity index (χ2v) is 7.67. The second-order valence-electron chi connectivity index (χ2n) is 7.67. The third-order valence-corrected chi connectivity index (χ3v) is 5.53. The van der Waals surface area contributed by atoms with Crippen molar-refractivity contribution in [3.05, 3.63) is 53.7 Å². The monoisotopic (exact) mass is 522 g/mol. The fourth-order valence-corrected chi connectivity index (χ4v) is 3.73. The average molecular weight is 522 g/mol. The maximum Gasteiger partial charge on any atom is 0.191 e. The zero-order valence-electron chi connectivity index (χ0n) is 17.7. The van der Waals surface area contributed by atoms with Gasteiger partial charge in [-0.25, -0.2) is 4.98 Å². The van der Waals surface area contributed by atoms with E-state index in [2.05, 4.69) is 61.7 Å². The minimum atomic E-state index is 0. The predicted octanol–water partition coefficient (Wildman–Crippen LogP) is 2.12. The number of piperazine rings is 1. The molecule has 0 radical (unpaired) electrons. The van der Waals surface area contributed by atoms with Gasteiger partial charge in [0.1, 0.15) is 17.7 Å². The highest BCUT2D eigenvalue weighted by Gasteiger charge is 2.22. The summed E-state index contributed by atoms with van der Waals surface area (Å²) >= 11 is 0. The number of nitrogens with one attached hydrogen (secondary N) is 2. The van der Waals surface area contributed by atoms with Gasteiger partial charge in [0, 0.05) is 52.4 Å². The first-order valence-corrected chi connectivity index (χ1v) is 10.3. The Hall–Kier alpha value is -2.07. The molecule has 1 aromatic carbocycles. The van der Waals surface area contributed by atoms with Gasteiger partial charge in [0.25, 0.3) is 0 Å². The molecule has 2 aromatic rings. The highest BCUT2D eigenvalue weighted by Crippen LogP contribution is 2.27. The lowest BCUT2D eigenvalue weighted by Gasteiger charge is -2.33. The van der Waals surface area contributed by atoms with Crippen LogP contribution in [0.4, 0.5) is 5.82 Å². The standard InChI is InChI=1S/C22H30N6O.HI/c1-23-22(26-16-19-13-18-5-3-4-6-20(18)29-19)25-15-17-7-8-21(24-14-17)28-11-9-27(2)10-12-28;/h3-8,14,19H,9-13,15-16H2,1-2H3,(H2,23,25,26);1H. The first kappa shape index (κ1) is 22.6. The molecule has 1 aromatic heterocycles. The number of halogens is 1. The molecular weight excluding hydrogens is 491 g/mol. The van der Waals surface area contributed by atoms with Gasteiger partial charge in [-0.2, -0.15) is 0 Å². The molecule has 1 fully saturated rings. The lowest BCUT2D eigenvalue weighted by molar-refractivity contribution is 0.235. The van der Waals surface area contributed by atoms with Crippen LogP contribution < -0.4 is 20.3 Å². The van der Waals surface area contributed by atoms with Crippen molar-refractivity contribution in [2.24, 2.45) is 4.99 Å². The number of likely N-dealkylation sites (N-methyl/N-ethyl adjacent to an activating group) is 1. The van der Waals surface area contributed by atoms with Gasteiger partial charge in [-0.1, -0.05) is 24.3 Å². The molecule has 2 N–H and O–H groups in total. The van der Waals surface area contributed by atoms with Gasteiger partial charge in [-0.15, -0.1) is 24.0 Å². The molecule has 0 bridgehead atoms. The van der Waals surface area contributed by atoms with E-state index in [4.69, 9.17) is 4.74 Å². The fourth-order valence-electron chi connectivity index (χ4n) is 3.73.